The Balaban J connectivity index is 2.05. The fraction of sp³-hybridized carbons (Fsp3) is 0.786. The zero-order valence-electron chi connectivity index (χ0n) is 13.1. The molecule has 7 nitrogen and oxygen atoms in total. The minimum atomic E-state index is -0.992. The normalized spacial score (nSPS) is 27.8. The number of hydrogen-bond donors (Lipinski definition) is 2. The molecule has 2 aliphatic heterocycles. The molecule has 0 aromatic heterocycles. The molecule has 0 aliphatic carbocycles. The highest BCUT2D eigenvalue weighted by atomic mass is 16.2. The molecule has 4 amide bonds. The van der Waals surface area contributed by atoms with Crippen molar-refractivity contribution in [2.75, 3.05) is 19.6 Å². The van der Waals surface area contributed by atoms with E-state index in [0.29, 0.717) is 13.1 Å². The van der Waals surface area contributed by atoms with Crippen molar-refractivity contribution in [2.24, 2.45) is 11.1 Å². The van der Waals surface area contributed by atoms with Crippen LogP contribution in [0.25, 0.3) is 0 Å². The number of amides is 4. The maximum Gasteiger partial charge on any atom is 0.325 e. The minimum Gasteiger partial charge on any atom is -0.341 e. The van der Waals surface area contributed by atoms with Crippen LogP contribution in [0.5, 0.6) is 0 Å². The largest absolute Gasteiger partial charge is 0.341 e. The molecule has 21 heavy (non-hydrogen) atoms. The summed E-state index contributed by atoms with van der Waals surface area (Å²) in [5.41, 5.74) is 4.93. The number of hydrogen-bond acceptors (Lipinski definition) is 4. The second-order valence-electron chi connectivity index (χ2n) is 7.10. The summed E-state index contributed by atoms with van der Waals surface area (Å²) in [5, 5.41) is 2.25. The van der Waals surface area contributed by atoms with Gasteiger partial charge < -0.3 is 15.5 Å². The number of urea groups is 1. The van der Waals surface area contributed by atoms with E-state index in [1.54, 1.807) is 18.7 Å². The Bertz CT molecular complexity index is 487. The van der Waals surface area contributed by atoms with Gasteiger partial charge in [0.25, 0.3) is 5.91 Å². The molecule has 2 fully saturated rings. The molecular weight excluding hydrogens is 272 g/mol. The summed E-state index contributed by atoms with van der Waals surface area (Å²) in [6.07, 6.45) is 0.743. The maximum absolute atomic E-state index is 12.4. The first-order chi connectivity index (χ1) is 9.55. The molecule has 1 unspecified atom stereocenters. The number of nitrogens with two attached hydrogens (primary N) is 1. The van der Waals surface area contributed by atoms with Crippen molar-refractivity contribution in [3.05, 3.63) is 0 Å². The van der Waals surface area contributed by atoms with Gasteiger partial charge in [-0.05, 0) is 25.7 Å². The van der Waals surface area contributed by atoms with Crippen LogP contribution in [0, 0.1) is 5.41 Å². The Hall–Kier alpha value is -1.63. The van der Waals surface area contributed by atoms with Crippen LogP contribution in [-0.2, 0) is 9.59 Å². The molecule has 0 bridgehead atoms. The molecule has 0 aromatic rings. The average Bonchev–Trinajstić information content (AvgIpc) is 2.55. The SMILES string of the molecule is CC1(C)CN(C(=O)CN2C(=O)NC(=O)C2(C)C)CCC1N. The zero-order valence-corrected chi connectivity index (χ0v) is 13.1. The van der Waals surface area contributed by atoms with Gasteiger partial charge in [-0.3, -0.25) is 14.9 Å². The Morgan fingerprint density at radius 3 is 2.43 bits per heavy atom. The summed E-state index contributed by atoms with van der Waals surface area (Å²) < 4.78 is 0. The summed E-state index contributed by atoms with van der Waals surface area (Å²) in [7, 11) is 0. The number of nitrogens with one attached hydrogen (secondary N) is 1. The van der Waals surface area contributed by atoms with Crippen LogP contribution >= 0.6 is 0 Å². The van der Waals surface area contributed by atoms with Crippen molar-refractivity contribution in [1.29, 1.82) is 0 Å². The maximum atomic E-state index is 12.4. The van der Waals surface area contributed by atoms with Crippen LogP contribution in [0.1, 0.15) is 34.1 Å². The van der Waals surface area contributed by atoms with Gasteiger partial charge in [0.15, 0.2) is 0 Å². The Labute approximate surface area is 124 Å². The van der Waals surface area contributed by atoms with Gasteiger partial charge in [0.05, 0.1) is 0 Å². The lowest BCUT2D eigenvalue weighted by atomic mass is 9.79. The number of nitrogens with zero attached hydrogens (tertiary/aromatic N) is 2. The summed E-state index contributed by atoms with van der Waals surface area (Å²) >= 11 is 0. The lowest BCUT2D eigenvalue weighted by molar-refractivity contribution is -0.136. The van der Waals surface area contributed by atoms with Gasteiger partial charge in [-0.1, -0.05) is 13.8 Å². The Morgan fingerprint density at radius 2 is 1.95 bits per heavy atom. The molecule has 0 aromatic carbocycles. The van der Waals surface area contributed by atoms with Gasteiger partial charge in [-0.2, -0.15) is 0 Å². The fourth-order valence-electron chi connectivity index (χ4n) is 2.79. The standard InChI is InChI=1S/C14H24N4O3/c1-13(2)8-17(6-5-9(13)15)10(19)7-18-12(21)16-11(20)14(18,3)4/h9H,5-8,15H2,1-4H3,(H,16,20,21). The number of likely N-dealkylation sites (tertiary alicyclic amines) is 1. The number of carbonyl (C=O) groups excluding carboxylic acids is 3. The molecule has 2 heterocycles. The molecule has 1 atom stereocenters. The van der Waals surface area contributed by atoms with Crippen LogP contribution in [0.2, 0.25) is 0 Å². The third-order valence-electron chi connectivity index (χ3n) is 4.65. The predicted octanol–water partition coefficient (Wildman–Crippen LogP) is -0.0974. The number of piperidine rings is 1. The van der Waals surface area contributed by atoms with Crippen LogP contribution in [-0.4, -0.2) is 58.9 Å². The van der Waals surface area contributed by atoms with E-state index in [2.05, 4.69) is 5.32 Å². The molecule has 0 spiro atoms. The van der Waals surface area contributed by atoms with Crippen LogP contribution in [0.3, 0.4) is 0 Å². The van der Waals surface area contributed by atoms with Gasteiger partial charge in [-0.15, -0.1) is 0 Å². The van der Waals surface area contributed by atoms with Crippen molar-refractivity contribution in [2.45, 2.75) is 45.7 Å². The molecule has 2 aliphatic rings. The number of carbonyl (C=O) groups is 3. The van der Waals surface area contributed by atoms with E-state index in [-0.39, 0.29) is 29.8 Å². The van der Waals surface area contributed by atoms with E-state index in [1.165, 1.54) is 4.90 Å². The van der Waals surface area contributed by atoms with Crippen molar-refractivity contribution in [1.82, 2.24) is 15.1 Å². The van der Waals surface area contributed by atoms with E-state index < -0.39 is 11.6 Å². The predicted molar refractivity (Wildman–Crippen MR) is 77.3 cm³/mol. The summed E-state index contributed by atoms with van der Waals surface area (Å²) in [5.74, 6) is -0.519. The molecule has 0 saturated carbocycles. The molecule has 2 rings (SSSR count). The monoisotopic (exact) mass is 296 g/mol. The lowest BCUT2D eigenvalue weighted by Gasteiger charge is -2.43. The van der Waals surface area contributed by atoms with E-state index in [4.69, 9.17) is 5.73 Å². The minimum absolute atomic E-state index is 0.0645. The smallest absolute Gasteiger partial charge is 0.325 e. The molecule has 7 heteroatoms. The third kappa shape index (κ3) is 2.74. The van der Waals surface area contributed by atoms with Gasteiger partial charge >= 0.3 is 6.03 Å². The van der Waals surface area contributed by atoms with Gasteiger partial charge in [-0.25, -0.2) is 4.79 Å². The highest BCUT2D eigenvalue weighted by molar-refractivity contribution is 6.07. The average molecular weight is 296 g/mol. The third-order valence-corrected chi connectivity index (χ3v) is 4.65. The molecule has 0 radical (unpaired) electrons. The summed E-state index contributed by atoms with van der Waals surface area (Å²) in [4.78, 5) is 39.0. The van der Waals surface area contributed by atoms with E-state index >= 15 is 0 Å². The first kappa shape index (κ1) is 15.8. The highest BCUT2D eigenvalue weighted by Gasteiger charge is 2.47. The van der Waals surface area contributed by atoms with Crippen LogP contribution in [0.15, 0.2) is 0 Å². The quantitative estimate of drug-likeness (QED) is 0.696. The Kier molecular flexibility index (Phi) is 3.73. The van der Waals surface area contributed by atoms with Crippen molar-refractivity contribution in [3.63, 3.8) is 0 Å². The molecule has 2 saturated heterocycles. The van der Waals surface area contributed by atoms with Crippen LogP contribution < -0.4 is 11.1 Å². The van der Waals surface area contributed by atoms with Crippen molar-refractivity contribution in [3.8, 4) is 0 Å². The molecular formula is C14H24N4O3. The topological polar surface area (TPSA) is 95.7 Å². The van der Waals surface area contributed by atoms with Crippen molar-refractivity contribution >= 4 is 17.8 Å². The van der Waals surface area contributed by atoms with Crippen molar-refractivity contribution < 1.29 is 14.4 Å². The number of imide groups is 1. The second kappa shape index (κ2) is 4.98. The lowest BCUT2D eigenvalue weighted by Crippen LogP contribution is -2.57. The Morgan fingerprint density at radius 1 is 1.33 bits per heavy atom. The van der Waals surface area contributed by atoms with Gasteiger partial charge in [0.1, 0.15) is 12.1 Å². The summed E-state index contributed by atoms with van der Waals surface area (Å²) in [6, 6.07) is -0.444. The van der Waals surface area contributed by atoms with E-state index in [9.17, 15) is 14.4 Å². The first-order valence-corrected chi connectivity index (χ1v) is 7.22. The first-order valence-electron chi connectivity index (χ1n) is 7.22. The van der Waals surface area contributed by atoms with E-state index in [0.717, 1.165) is 6.42 Å². The molecule has 118 valence electrons. The molecule has 3 N–H and O–H groups in total. The zero-order chi connectivity index (χ0) is 16.0. The highest BCUT2D eigenvalue weighted by Crippen LogP contribution is 2.28. The summed E-state index contributed by atoms with van der Waals surface area (Å²) in [6.45, 7) is 8.41. The fourth-order valence-corrected chi connectivity index (χ4v) is 2.79. The van der Waals surface area contributed by atoms with E-state index in [1.807, 2.05) is 13.8 Å². The van der Waals surface area contributed by atoms with Crippen LogP contribution in [0.4, 0.5) is 4.79 Å². The van der Waals surface area contributed by atoms with Gasteiger partial charge in [0, 0.05) is 19.1 Å². The number of rotatable bonds is 2. The van der Waals surface area contributed by atoms with Gasteiger partial charge in [0.2, 0.25) is 5.91 Å². The second-order valence-corrected chi connectivity index (χ2v) is 7.10.